The highest BCUT2D eigenvalue weighted by Crippen LogP contribution is 2.29. The number of nitrogens with zero attached hydrogens (tertiary/aromatic N) is 4. The normalized spacial score (nSPS) is 14.6. The van der Waals surface area contributed by atoms with E-state index in [-0.39, 0.29) is 5.75 Å². The van der Waals surface area contributed by atoms with Gasteiger partial charge in [-0.15, -0.1) is 13.2 Å². The molecule has 0 amide bonds. The lowest BCUT2D eigenvalue weighted by atomic mass is 10.0. The number of aryl methyl sites for hydroxylation is 1. The lowest BCUT2D eigenvalue weighted by Crippen LogP contribution is -2.36. The van der Waals surface area contributed by atoms with E-state index in [1.807, 2.05) is 19.1 Å². The van der Waals surface area contributed by atoms with Gasteiger partial charge in [0.25, 0.3) is 0 Å². The Bertz CT molecular complexity index is 1020. The minimum absolute atomic E-state index is 0.267. The molecule has 0 spiro atoms. The van der Waals surface area contributed by atoms with Crippen LogP contribution >= 0.6 is 0 Å². The molecule has 1 aliphatic rings. The smallest absolute Gasteiger partial charge is 0.406 e. The van der Waals surface area contributed by atoms with E-state index in [4.69, 9.17) is 4.74 Å². The quantitative estimate of drug-likeness (QED) is 0.634. The molecule has 0 atom stereocenters. The molecule has 0 aliphatic carbocycles. The van der Waals surface area contributed by atoms with Crippen LogP contribution in [0.4, 0.5) is 19.0 Å². The Hall–Kier alpha value is -3.20. The molecule has 156 valence electrons. The van der Waals surface area contributed by atoms with Gasteiger partial charge < -0.3 is 14.4 Å². The number of pyridine rings is 1. The van der Waals surface area contributed by atoms with Crippen molar-refractivity contribution in [2.45, 2.75) is 13.3 Å². The molecule has 1 aromatic carbocycles. The Morgan fingerprint density at radius 2 is 1.63 bits per heavy atom. The Kier molecular flexibility index (Phi) is 5.54. The summed E-state index contributed by atoms with van der Waals surface area (Å²) in [7, 11) is 0. The van der Waals surface area contributed by atoms with Crippen LogP contribution in [0.3, 0.4) is 0 Å². The summed E-state index contributed by atoms with van der Waals surface area (Å²) in [5, 5.41) is 0. The third kappa shape index (κ3) is 4.85. The summed E-state index contributed by atoms with van der Waals surface area (Å²) in [5.74, 6) is 1.21. The fraction of sp³-hybridized carbons (Fsp3) is 0.286. The van der Waals surface area contributed by atoms with Crippen molar-refractivity contribution >= 4 is 5.82 Å². The average molecular weight is 416 g/mol. The van der Waals surface area contributed by atoms with E-state index in [0.717, 1.165) is 41.3 Å². The van der Waals surface area contributed by atoms with E-state index in [2.05, 4.69) is 24.6 Å². The summed E-state index contributed by atoms with van der Waals surface area (Å²) >= 11 is 0. The molecular weight excluding hydrogens is 397 g/mol. The number of benzene rings is 1. The SMILES string of the molecule is Cc1nc(-c2cncc(-c3ccc(OC(F)(F)F)cc3)c2)cc(N2CCOCC2)n1. The first kappa shape index (κ1) is 20.1. The Morgan fingerprint density at radius 1 is 0.933 bits per heavy atom. The molecule has 3 heterocycles. The number of anilines is 1. The topological polar surface area (TPSA) is 60.4 Å². The van der Waals surface area contributed by atoms with Crippen molar-refractivity contribution in [2.75, 3.05) is 31.2 Å². The minimum Gasteiger partial charge on any atom is -0.406 e. The van der Waals surface area contributed by atoms with Gasteiger partial charge in [0.2, 0.25) is 0 Å². The predicted molar refractivity (Wildman–Crippen MR) is 105 cm³/mol. The summed E-state index contributed by atoms with van der Waals surface area (Å²) in [6.45, 7) is 4.68. The van der Waals surface area contributed by atoms with Gasteiger partial charge in [0.15, 0.2) is 0 Å². The van der Waals surface area contributed by atoms with Gasteiger partial charge in [-0.05, 0) is 30.7 Å². The molecule has 0 bridgehead atoms. The molecule has 6 nitrogen and oxygen atoms in total. The van der Waals surface area contributed by atoms with E-state index in [0.29, 0.717) is 19.0 Å². The second-order valence-corrected chi connectivity index (χ2v) is 6.79. The first-order valence-electron chi connectivity index (χ1n) is 9.37. The fourth-order valence-electron chi connectivity index (χ4n) is 3.24. The first-order chi connectivity index (χ1) is 14.4. The highest BCUT2D eigenvalue weighted by Gasteiger charge is 2.31. The van der Waals surface area contributed by atoms with Crippen LogP contribution in [-0.4, -0.2) is 47.6 Å². The maximum Gasteiger partial charge on any atom is 0.573 e. The molecule has 1 aliphatic heterocycles. The molecule has 0 N–H and O–H groups in total. The van der Waals surface area contributed by atoms with Crippen LogP contribution in [0.25, 0.3) is 22.4 Å². The second kappa shape index (κ2) is 8.27. The van der Waals surface area contributed by atoms with Gasteiger partial charge in [0.05, 0.1) is 18.9 Å². The number of morpholine rings is 1. The van der Waals surface area contributed by atoms with Gasteiger partial charge >= 0.3 is 6.36 Å². The van der Waals surface area contributed by atoms with Crippen molar-refractivity contribution in [1.29, 1.82) is 0 Å². The van der Waals surface area contributed by atoms with E-state index in [1.54, 1.807) is 24.5 Å². The van der Waals surface area contributed by atoms with E-state index in [1.165, 1.54) is 12.1 Å². The van der Waals surface area contributed by atoms with Crippen LogP contribution in [0, 0.1) is 6.92 Å². The van der Waals surface area contributed by atoms with Crippen LogP contribution in [0.2, 0.25) is 0 Å². The van der Waals surface area contributed by atoms with Gasteiger partial charge in [0.1, 0.15) is 17.4 Å². The molecule has 2 aromatic heterocycles. The lowest BCUT2D eigenvalue weighted by Gasteiger charge is -2.28. The highest BCUT2D eigenvalue weighted by molar-refractivity contribution is 5.71. The summed E-state index contributed by atoms with van der Waals surface area (Å²) in [4.78, 5) is 15.5. The van der Waals surface area contributed by atoms with Crippen molar-refractivity contribution in [3.8, 4) is 28.1 Å². The van der Waals surface area contributed by atoms with Crippen molar-refractivity contribution in [3.63, 3.8) is 0 Å². The molecule has 3 aromatic rings. The van der Waals surface area contributed by atoms with Crippen LogP contribution in [0.15, 0.2) is 48.8 Å². The Labute approximate surface area is 171 Å². The zero-order valence-corrected chi connectivity index (χ0v) is 16.2. The van der Waals surface area contributed by atoms with Gasteiger partial charge in [-0.2, -0.15) is 0 Å². The average Bonchev–Trinajstić information content (AvgIpc) is 2.73. The predicted octanol–water partition coefficient (Wildman–Crippen LogP) is 4.25. The molecule has 30 heavy (non-hydrogen) atoms. The fourth-order valence-corrected chi connectivity index (χ4v) is 3.24. The number of hydrogen-bond acceptors (Lipinski definition) is 6. The highest BCUT2D eigenvalue weighted by atomic mass is 19.4. The third-order valence-electron chi connectivity index (χ3n) is 4.61. The number of halogens is 3. The minimum atomic E-state index is -4.72. The zero-order valence-electron chi connectivity index (χ0n) is 16.2. The second-order valence-electron chi connectivity index (χ2n) is 6.79. The Morgan fingerprint density at radius 3 is 2.33 bits per heavy atom. The van der Waals surface area contributed by atoms with E-state index >= 15 is 0 Å². The zero-order chi connectivity index (χ0) is 21.1. The van der Waals surface area contributed by atoms with Crippen molar-refractivity contribution in [3.05, 3.63) is 54.6 Å². The number of alkyl halides is 3. The number of ether oxygens (including phenoxy) is 2. The van der Waals surface area contributed by atoms with Crippen molar-refractivity contribution < 1.29 is 22.6 Å². The van der Waals surface area contributed by atoms with Gasteiger partial charge in [-0.1, -0.05) is 12.1 Å². The molecule has 0 radical (unpaired) electrons. The lowest BCUT2D eigenvalue weighted by molar-refractivity contribution is -0.274. The van der Waals surface area contributed by atoms with Crippen molar-refractivity contribution in [1.82, 2.24) is 15.0 Å². The number of hydrogen-bond donors (Lipinski definition) is 0. The van der Waals surface area contributed by atoms with Crippen molar-refractivity contribution in [2.24, 2.45) is 0 Å². The third-order valence-corrected chi connectivity index (χ3v) is 4.61. The summed E-state index contributed by atoms with van der Waals surface area (Å²) in [6.07, 6.45) is -1.36. The van der Waals surface area contributed by atoms with Crippen LogP contribution < -0.4 is 9.64 Å². The molecule has 0 unspecified atom stereocenters. The van der Waals surface area contributed by atoms with Crippen LogP contribution in [0.1, 0.15) is 5.82 Å². The maximum atomic E-state index is 12.4. The summed E-state index contributed by atoms with van der Waals surface area (Å²) < 4.78 is 46.4. The first-order valence-corrected chi connectivity index (χ1v) is 9.37. The molecule has 1 saturated heterocycles. The number of rotatable bonds is 4. The van der Waals surface area contributed by atoms with Crippen LogP contribution in [0.5, 0.6) is 5.75 Å². The molecule has 9 heteroatoms. The molecule has 0 saturated carbocycles. The van der Waals surface area contributed by atoms with Crippen LogP contribution in [-0.2, 0) is 4.74 Å². The number of aromatic nitrogens is 3. The standard InChI is InChI=1S/C21H19F3N4O2/c1-14-26-19(11-20(27-14)28-6-8-29-9-7-28)17-10-16(12-25-13-17)15-2-4-18(5-3-15)30-21(22,23)24/h2-5,10-13H,6-9H2,1H3. The monoisotopic (exact) mass is 416 g/mol. The van der Waals surface area contributed by atoms with Gasteiger partial charge in [-0.25, -0.2) is 9.97 Å². The largest absolute Gasteiger partial charge is 0.573 e. The maximum absolute atomic E-state index is 12.4. The van der Waals surface area contributed by atoms with E-state index < -0.39 is 6.36 Å². The summed E-state index contributed by atoms with van der Waals surface area (Å²) in [5.41, 5.74) is 3.01. The van der Waals surface area contributed by atoms with E-state index in [9.17, 15) is 13.2 Å². The molecular formula is C21H19F3N4O2. The Balaban J connectivity index is 1.61. The molecule has 1 fully saturated rings. The molecule has 4 rings (SSSR count). The van der Waals surface area contributed by atoms with Gasteiger partial charge in [-0.3, -0.25) is 4.98 Å². The summed E-state index contributed by atoms with van der Waals surface area (Å²) in [6, 6.07) is 9.50. The van der Waals surface area contributed by atoms with Gasteiger partial charge in [0, 0.05) is 42.7 Å².